The van der Waals surface area contributed by atoms with Gasteiger partial charge in [0.25, 0.3) is 0 Å². The van der Waals surface area contributed by atoms with E-state index in [1.165, 1.54) is 37.8 Å². The summed E-state index contributed by atoms with van der Waals surface area (Å²) in [6.45, 7) is 20.7. The van der Waals surface area contributed by atoms with Crippen molar-refractivity contribution in [1.82, 2.24) is 0 Å². The number of hydrogen-bond acceptors (Lipinski definition) is 2. The van der Waals surface area contributed by atoms with Gasteiger partial charge in [0.2, 0.25) is 0 Å². The van der Waals surface area contributed by atoms with Gasteiger partial charge in [0.05, 0.1) is 0 Å². The average molecular weight is 339 g/mol. The molecule has 1 unspecified atom stereocenters. The third-order valence-corrected chi connectivity index (χ3v) is 3.38. The molecule has 0 spiro atoms. The maximum absolute atomic E-state index is 4.15. The molecule has 0 aromatic heterocycles. The minimum Gasteiger partial charge on any atom is -0.297 e. The lowest BCUT2D eigenvalue weighted by Crippen LogP contribution is -1.88. The number of aliphatic imine (C=N–C) groups is 2. The minimum absolute atomic E-state index is 0.824. The van der Waals surface area contributed by atoms with E-state index in [4.69, 9.17) is 0 Å². The standard InChI is InChI=1S/C6H10.2C5H9N.3C2H6/c1-6-4-2-3-5-6;1-5-2-3-6-4-5;1-5-3-2-4-6-5;3*1-2/h2-3,6H,4-5H2,1H3;3,5H,2,4H2,1H3;2-4H2,1H3;3*1-2H3. The summed E-state index contributed by atoms with van der Waals surface area (Å²) in [6.07, 6.45) is 12.8. The molecular weight excluding hydrogens is 292 g/mol. The van der Waals surface area contributed by atoms with Gasteiger partial charge in [-0.25, -0.2) is 0 Å². The van der Waals surface area contributed by atoms with Gasteiger partial charge in [-0.1, -0.05) is 67.5 Å². The molecule has 1 atom stereocenters. The van der Waals surface area contributed by atoms with Crippen molar-refractivity contribution in [3.8, 4) is 0 Å². The van der Waals surface area contributed by atoms with E-state index >= 15 is 0 Å². The first-order chi connectivity index (χ1) is 11.7. The van der Waals surface area contributed by atoms with Crippen LogP contribution in [0.1, 0.15) is 94.4 Å². The van der Waals surface area contributed by atoms with Crippen LogP contribution in [0.25, 0.3) is 0 Å². The fraction of sp³-hybridized carbons (Fsp3) is 0.818. The molecule has 0 saturated carbocycles. The maximum atomic E-state index is 4.15. The van der Waals surface area contributed by atoms with Crippen LogP contribution in [0.2, 0.25) is 0 Å². The zero-order valence-corrected chi connectivity index (χ0v) is 18.2. The minimum atomic E-state index is 0.824. The van der Waals surface area contributed by atoms with E-state index in [-0.39, 0.29) is 0 Å². The summed E-state index contributed by atoms with van der Waals surface area (Å²) in [7, 11) is 0. The van der Waals surface area contributed by atoms with E-state index < -0.39 is 0 Å². The fourth-order valence-electron chi connectivity index (χ4n) is 2.02. The molecule has 0 saturated heterocycles. The molecule has 0 N–H and O–H groups in total. The molecule has 0 amide bonds. The number of hydrogen-bond donors (Lipinski definition) is 0. The van der Waals surface area contributed by atoms with E-state index in [0.29, 0.717) is 0 Å². The molecule has 24 heavy (non-hydrogen) atoms. The molecule has 2 aliphatic heterocycles. The zero-order valence-electron chi connectivity index (χ0n) is 18.2. The van der Waals surface area contributed by atoms with Crippen LogP contribution in [0.15, 0.2) is 22.1 Å². The van der Waals surface area contributed by atoms with Gasteiger partial charge in [-0.05, 0) is 57.1 Å². The second-order valence-corrected chi connectivity index (χ2v) is 5.66. The Balaban J connectivity index is -0.000000239. The van der Waals surface area contributed by atoms with E-state index in [0.717, 1.165) is 24.9 Å². The van der Waals surface area contributed by atoms with Crippen LogP contribution in [0.5, 0.6) is 0 Å². The highest BCUT2D eigenvalue weighted by atomic mass is 14.8. The Morgan fingerprint density at radius 3 is 1.50 bits per heavy atom. The van der Waals surface area contributed by atoms with Crippen LogP contribution in [-0.2, 0) is 0 Å². The predicted octanol–water partition coefficient (Wildman–Crippen LogP) is 7.39. The van der Waals surface area contributed by atoms with Gasteiger partial charge in [-0.2, -0.15) is 0 Å². The molecule has 0 aromatic carbocycles. The maximum Gasteiger partial charge on any atom is 0.0414 e. The Morgan fingerprint density at radius 2 is 1.38 bits per heavy atom. The van der Waals surface area contributed by atoms with Crippen molar-refractivity contribution < 1.29 is 0 Å². The molecule has 2 heterocycles. The van der Waals surface area contributed by atoms with Crippen molar-refractivity contribution in [2.24, 2.45) is 21.8 Å². The largest absolute Gasteiger partial charge is 0.297 e. The van der Waals surface area contributed by atoms with Crippen molar-refractivity contribution in [2.75, 3.05) is 13.1 Å². The monoisotopic (exact) mass is 338 g/mol. The number of allylic oxidation sites excluding steroid dienone is 2. The van der Waals surface area contributed by atoms with Gasteiger partial charge >= 0.3 is 0 Å². The summed E-state index contributed by atoms with van der Waals surface area (Å²) < 4.78 is 0. The lowest BCUT2D eigenvalue weighted by atomic mass is 10.1. The second-order valence-electron chi connectivity index (χ2n) is 5.66. The Kier molecular flexibility index (Phi) is 28.3. The highest BCUT2D eigenvalue weighted by Crippen LogP contribution is 2.15. The van der Waals surface area contributed by atoms with Crippen LogP contribution in [-0.4, -0.2) is 25.0 Å². The molecule has 3 rings (SSSR count). The van der Waals surface area contributed by atoms with Gasteiger partial charge < -0.3 is 0 Å². The molecule has 0 fully saturated rings. The first-order valence-corrected chi connectivity index (χ1v) is 10.3. The summed E-state index contributed by atoms with van der Waals surface area (Å²) in [5.74, 6) is 1.76. The Labute approximate surface area is 154 Å². The van der Waals surface area contributed by atoms with Gasteiger partial charge in [-0.3, -0.25) is 9.98 Å². The van der Waals surface area contributed by atoms with E-state index in [1.807, 2.05) is 47.8 Å². The molecular formula is C22H46N2. The summed E-state index contributed by atoms with van der Waals surface area (Å²) in [6, 6.07) is 0. The molecule has 0 aromatic rings. The summed E-state index contributed by atoms with van der Waals surface area (Å²) in [4.78, 5) is 8.19. The van der Waals surface area contributed by atoms with Gasteiger partial charge in [0.15, 0.2) is 0 Å². The smallest absolute Gasteiger partial charge is 0.0414 e. The van der Waals surface area contributed by atoms with Crippen LogP contribution >= 0.6 is 0 Å². The summed E-state index contributed by atoms with van der Waals surface area (Å²) in [5.41, 5.74) is 1.33. The summed E-state index contributed by atoms with van der Waals surface area (Å²) in [5, 5.41) is 0. The molecule has 1 aliphatic carbocycles. The quantitative estimate of drug-likeness (QED) is 0.411. The second kappa shape index (κ2) is 24.3. The Bertz CT molecular complexity index is 267. The van der Waals surface area contributed by atoms with Crippen molar-refractivity contribution >= 4 is 11.9 Å². The van der Waals surface area contributed by atoms with Crippen molar-refractivity contribution in [3.05, 3.63) is 12.2 Å². The molecule has 0 radical (unpaired) electrons. The first kappa shape index (κ1) is 27.9. The highest BCUT2D eigenvalue weighted by Gasteiger charge is 2.01. The predicted molar refractivity (Wildman–Crippen MR) is 116 cm³/mol. The first-order valence-electron chi connectivity index (χ1n) is 10.3. The van der Waals surface area contributed by atoms with Crippen molar-refractivity contribution in [3.63, 3.8) is 0 Å². The molecule has 3 aliphatic rings. The average Bonchev–Trinajstić information content (AvgIpc) is 3.40. The number of rotatable bonds is 0. The lowest BCUT2D eigenvalue weighted by molar-refractivity contribution is 0.638. The third-order valence-electron chi connectivity index (χ3n) is 3.38. The lowest BCUT2D eigenvalue weighted by Gasteiger charge is -1.92. The summed E-state index contributed by atoms with van der Waals surface area (Å²) >= 11 is 0. The fourth-order valence-corrected chi connectivity index (χ4v) is 2.02. The topological polar surface area (TPSA) is 24.7 Å². The van der Waals surface area contributed by atoms with Crippen LogP contribution in [0.4, 0.5) is 0 Å². The van der Waals surface area contributed by atoms with Gasteiger partial charge in [0.1, 0.15) is 0 Å². The van der Waals surface area contributed by atoms with Gasteiger partial charge in [0, 0.05) is 18.8 Å². The van der Waals surface area contributed by atoms with E-state index in [2.05, 4.69) is 42.9 Å². The van der Waals surface area contributed by atoms with E-state index in [1.54, 1.807) is 0 Å². The third kappa shape index (κ3) is 21.1. The van der Waals surface area contributed by atoms with Crippen LogP contribution in [0.3, 0.4) is 0 Å². The molecule has 2 nitrogen and oxygen atoms in total. The van der Waals surface area contributed by atoms with Crippen LogP contribution in [0, 0.1) is 11.8 Å². The molecule has 2 heteroatoms. The normalized spacial score (nSPS) is 19.7. The number of nitrogens with zero attached hydrogens (tertiary/aromatic N) is 2. The van der Waals surface area contributed by atoms with Crippen molar-refractivity contribution in [1.29, 1.82) is 0 Å². The van der Waals surface area contributed by atoms with Crippen LogP contribution < -0.4 is 0 Å². The molecule has 0 bridgehead atoms. The SMILES string of the molecule is CC.CC.CC.CC1=NCCC1.CC1CC=CC1.CC1CC=NC1. The Morgan fingerprint density at radius 1 is 0.833 bits per heavy atom. The molecule has 144 valence electrons. The zero-order chi connectivity index (χ0) is 19.2. The van der Waals surface area contributed by atoms with E-state index in [9.17, 15) is 0 Å². The van der Waals surface area contributed by atoms with Gasteiger partial charge in [-0.15, -0.1) is 0 Å². The highest BCUT2D eigenvalue weighted by molar-refractivity contribution is 5.83. The van der Waals surface area contributed by atoms with Crippen molar-refractivity contribution in [2.45, 2.75) is 94.4 Å². The Hall–Kier alpha value is -0.920.